The molecule has 1 atom stereocenters. The van der Waals surface area contributed by atoms with E-state index in [1.165, 1.54) is 11.1 Å². The molecule has 1 aromatic heterocycles. The topological polar surface area (TPSA) is 29.9 Å². The van der Waals surface area contributed by atoms with Crippen molar-refractivity contribution in [2.24, 2.45) is 12.5 Å². The van der Waals surface area contributed by atoms with Crippen molar-refractivity contribution in [2.45, 2.75) is 26.8 Å². The molecule has 1 aliphatic heterocycles. The molecule has 2 heterocycles. The minimum Gasteiger partial charge on any atom is -0.331 e. The number of nitrogens with one attached hydrogen (secondary N) is 1. The summed E-state index contributed by atoms with van der Waals surface area (Å²) >= 11 is 0. The van der Waals surface area contributed by atoms with Gasteiger partial charge in [0, 0.05) is 19.6 Å². The van der Waals surface area contributed by atoms with Crippen LogP contribution < -0.4 is 5.32 Å². The summed E-state index contributed by atoms with van der Waals surface area (Å²) in [5, 5.41) is 3.50. The summed E-state index contributed by atoms with van der Waals surface area (Å²) in [6, 6.07) is 7.10. The van der Waals surface area contributed by atoms with Gasteiger partial charge in [-0.3, -0.25) is 0 Å². The summed E-state index contributed by atoms with van der Waals surface area (Å²) in [5.41, 5.74) is 4.03. The summed E-state index contributed by atoms with van der Waals surface area (Å²) in [6.07, 6.45) is 0. The molecular formula is C14H19N3. The zero-order valence-electron chi connectivity index (χ0n) is 10.9. The zero-order chi connectivity index (χ0) is 12.2. The molecule has 0 amide bonds. The number of fused-ring (bicyclic) bond motifs is 1. The van der Waals surface area contributed by atoms with Crippen LogP contribution in [0.4, 0.5) is 0 Å². The van der Waals surface area contributed by atoms with Crippen molar-refractivity contribution in [1.29, 1.82) is 0 Å². The molecule has 17 heavy (non-hydrogen) atoms. The molecule has 90 valence electrons. The van der Waals surface area contributed by atoms with Gasteiger partial charge >= 0.3 is 0 Å². The molecule has 1 aliphatic rings. The van der Waals surface area contributed by atoms with Crippen LogP contribution in [0.5, 0.6) is 0 Å². The molecule has 0 radical (unpaired) electrons. The van der Waals surface area contributed by atoms with Crippen LogP contribution in [0.3, 0.4) is 0 Å². The SMILES string of the molecule is Cc1nc2cc(C3NCC3(C)C)ccc2n1C. The second kappa shape index (κ2) is 3.33. The number of nitrogens with zero attached hydrogens (tertiary/aromatic N) is 2. The lowest BCUT2D eigenvalue weighted by molar-refractivity contribution is 0.128. The highest BCUT2D eigenvalue weighted by Crippen LogP contribution is 2.40. The van der Waals surface area contributed by atoms with Gasteiger partial charge in [0.1, 0.15) is 5.82 Å². The Labute approximate surface area is 102 Å². The largest absolute Gasteiger partial charge is 0.331 e. The Morgan fingerprint density at radius 2 is 2.18 bits per heavy atom. The Kier molecular flexibility index (Phi) is 2.11. The monoisotopic (exact) mass is 229 g/mol. The lowest BCUT2D eigenvalue weighted by Crippen LogP contribution is -2.52. The Morgan fingerprint density at radius 1 is 1.41 bits per heavy atom. The van der Waals surface area contributed by atoms with Crippen molar-refractivity contribution < 1.29 is 0 Å². The third-order valence-electron chi connectivity index (χ3n) is 4.01. The van der Waals surface area contributed by atoms with E-state index < -0.39 is 0 Å². The second-order valence-corrected chi connectivity index (χ2v) is 5.77. The minimum absolute atomic E-state index is 0.359. The van der Waals surface area contributed by atoms with Gasteiger partial charge in [0.05, 0.1) is 11.0 Å². The van der Waals surface area contributed by atoms with E-state index in [-0.39, 0.29) is 0 Å². The van der Waals surface area contributed by atoms with Crippen LogP contribution in [0.1, 0.15) is 31.3 Å². The summed E-state index contributed by atoms with van der Waals surface area (Å²) < 4.78 is 2.14. The summed E-state index contributed by atoms with van der Waals surface area (Å²) in [7, 11) is 2.07. The fraction of sp³-hybridized carbons (Fsp3) is 0.500. The Balaban J connectivity index is 2.08. The predicted molar refractivity (Wildman–Crippen MR) is 70.0 cm³/mol. The van der Waals surface area contributed by atoms with Gasteiger partial charge in [0.2, 0.25) is 0 Å². The molecule has 1 saturated heterocycles. The quantitative estimate of drug-likeness (QED) is 0.814. The van der Waals surface area contributed by atoms with Gasteiger partial charge in [0.25, 0.3) is 0 Å². The van der Waals surface area contributed by atoms with Crippen molar-refractivity contribution in [3.8, 4) is 0 Å². The molecule has 1 unspecified atom stereocenters. The number of hydrogen-bond donors (Lipinski definition) is 1. The van der Waals surface area contributed by atoms with E-state index in [2.05, 4.69) is 54.0 Å². The normalized spacial score (nSPS) is 22.7. The fourth-order valence-corrected chi connectivity index (χ4v) is 2.70. The summed E-state index contributed by atoms with van der Waals surface area (Å²) in [5.74, 6) is 1.07. The maximum Gasteiger partial charge on any atom is 0.106 e. The van der Waals surface area contributed by atoms with Crippen molar-refractivity contribution in [3.05, 3.63) is 29.6 Å². The highest BCUT2D eigenvalue weighted by Gasteiger charge is 2.39. The van der Waals surface area contributed by atoms with E-state index in [4.69, 9.17) is 0 Å². The average molecular weight is 229 g/mol. The van der Waals surface area contributed by atoms with Crippen molar-refractivity contribution in [3.63, 3.8) is 0 Å². The number of aromatic nitrogens is 2. The molecule has 3 rings (SSSR count). The van der Waals surface area contributed by atoms with Crippen LogP contribution in [0.2, 0.25) is 0 Å². The van der Waals surface area contributed by atoms with E-state index >= 15 is 0 Å². The number of rotatable bonds is 1. The molecule has 1 aromatic carbocycles. The third kappa shape index (κ3) is 1.49. The number of hydrogen-bond acceptors (Lipinski definition) is 2. The first kappa shape index (κ1) is 10.8. The van der Waals surface area contributed by atoms with Crippen molar-refractivity contribution in [1.82, 2.24) is 14.9 Å². The van der Waals surface area contributed by atoms with E-state index in [0.717, 1.165) is 17.9 Å². The van der Waals surface area contributed by atoms with Gasteiger partial charge in [-0.15, -0.1) is 0 Å². The van der Waals surface area contributed by atoms with Crippen LogP contribution >= 0.6 is 0 Å². The van der Waals surface area contributed by atoms with E-state index in [1.54, 1.807) is 0 Å². The highest BCUT2D eigenvalue weighted by atomic mass is 15.1. The van der Waals surface area contributed by atoms with Crippen LogP contribution in [0, 0.1) is 12.3 Å². The van der Waals surface area contributed by atoms with Crippen LogP contribution in [0.15, 0.2) is 18.2 Å². The van der Waals surface area contributed by atoms with E-state index in [0.29, 0.717) is 11.5 Å². The Bertz CT molecular complexity index is 580. The maximum atomic E-state index is 4.60. The predicted octanol–water partition coefficient (Wildman–Crippen LogP) is 2.55. The molecule has 2 aromatic rings. The van der Waals surface area contributed by atoms with E-state index in [1.807, 2.05) is 6.92 Å². The molecule has 0 aliphatic carbocycles. The number of aryl methyl sites for hydroxylation is 2. The molecule has 3 nitrogen and oxygen atoms in total. The Hall–Kier alpha value is -1.35. The van der Waals surface area contributed by atoms with Crippen molar-refractivity contribution >= 4 is 11.0 Å². The van der Waals surface area contributed by atoms with Gasteiger partial charge in [-0.05, 0) is 30.0 Å². The highest BCUT2D eigenvalue weighted by molar-refractivity contribution is 5.77. The first-order valence-corrected chi connectivity index (χ1v) is 6.15. The lowest BCUT2D eigenvalue weighted by Gasteiger charge is -2.46. The first-order valence-electron chi connectivity index (χ1n) is 6.15. The first-order chi connectivity index (χ1) is 7.99. The van der Waals surface area contributed by atoms with Crippen LogP contribution in [-0.2, 0) is 7.05 Å². The van der Waals surface area contributed by atoms with Crippen molar-refractivity contribution in [2.75, 3.05) is 6.54 Å². The van der Waals surface area contributed by atoms with E-state index in [9.17, 15) is 0 Å². The van der Waals surface area contributed by atoms with Crippen LogP contribution in [0.25, 0.3) is 11.0 Å². The van der Waals surface area contributed by atoms with Gasteiger partial charge in [0.15, 0.2) is 0 Å². The lowest BCUT2D eigenvalue weighted by atomic mass is 9.74. The molecule has 1 fully saturated rings. The van der Waals surface area contributed by atoms with Crippen LogP contribution in [-0.4, -0.2) is 16.1 Å². The average Bonchev–Trinajstić information content (AvgIpc) is 2.53. The molecule has 3 heteroatoms. The standard InChI is InChI=1S/C14H19N3/c1-9-16-11-7-10(5-6-12(11)17(9)4)13-14(2,3)8-15-13/h5-7,13,15H,8H2,1-4H3. The van der Waals surface area contributed by atoms with Gasteiger partial charge < -0.3 is 9.88 Å². The molecule has 1 N–H and O–H groups in total. The van der Waals surface area contributed by atoms with Gasteiger partial charge in [-0.1, -0.05) is 19.9 Å². The summed E-state index contributed by atoms with van der Waals surface area (Å²) in [6.45, 7) is 7.76. The van der Waals surface area contributed by atoms with Gasteiger partial charge in [-0.2, -0.15) is 0 Å². The third-order valence-corrected chi connectivity index (χ3v) is 4.01. The molecule has 0 saturated carbocycles. The zero-order valence-corrected chi connectivity index (χ0v) is 10.9. The maximum absolute atomic E-state index is 4.60. The Morgan fingerprint density at radius 3 is 2.76 bits per heavy atom. The minimum atomic E-state index is 0.359. The van der Waals surface area contributed by atoms with Gasteiger partial charge in [-0.25, -0.2) is 4.98 Å². The fourth-order valence-electron chi connectivity index (χ4n) is 2.70. The molecule has 0 bridgehead atoms. The molecule has 0 spiro atoms. The second-order valence-electron chi connectivity index (χ2n) is 5.77. The molecular weight excluding hydrogens is 210 g/mol. The number of benzene rings is 1. The summed E-state index contributed by atoms with van der Waals surface area (Å²) in [4.78, 5) is 4.60. The smallest absolute Gasteiger partial charge is 0.106 e. The number of imidazole rings is 1.